The molecule has 1 heterocycles. The predicted octanol–water partition coefficient (Wildman–Crippen LogP) is -0.393. The highest BCUT2D eigenvalue weighted by Crippen LogP contribution is 2.14. The highest BCUT2D eigenvalue weighted by Gasteiger charge is 2.35. The third-order valence-electron chi connectivity index (χ3n) is 3.34. The van der Waals surface area contributed by atoms with E-state index >= 15 is 0 Å². The number of nitrogens with one attached hydrogen (secondary N) is 2. The number of methoxy groups -OCH3 is 1. The summed E-state index contributed by atoms with van der Waals surface area (Å²) in [6.07, 6.45) is 0.944. The number of amides is 1. The summed E-state index contributed by atoms with van der Waals surface area (Å²) in [5, 5.41) is 14.9. The maximum Gasteiger partial charge on any atom is 0.326 e. The molecular formula is C13H24N2O5. The first-order valence-corrected chi connectivity index (χ1v) is 6.93. The van der Waals surface area contributed by atoms with Gasteiger partial charge in [0.1, 0.15) is 6.04 Å². The lowest BCUT2D eigenvalue weighted by Crippen LogP contribution is -2.49. The number of carbonyl (C=O) groups excluding carboxylic acids is 1. The van der Waals surface area contributed by atoms with Gasteiger partial charge in [-0.05, 0) is 19.4 Å². The maximum absolute atomic E-state index is 12.2. The molecule has 1 aliphatic heterocycles. The van der Waals surface area contributed by atoms with E-state index in [9.17, 15) is 9.59 Å². The van der Waals surface area contributed by atoms with E-state index in [4.69, 9.17) is 14.6 Å². The molecule has 3 atom stereocenters. The zero-order valence-corrected chi connectivity index (χ0v) is 12.1. The van der Waals surface area contributed by atoms with E-state index in [1.165, 1.54) is 0 Å². The van der Waals surface area contributed by atoms with Crippen molar-refractivity contribution in [2.75, 3.05) is 33.5 Å². The lowest BCUT2D eigenvalue weighted by Gasteiger charge is -2.21. The van der Waals surface area contributed by atoms with E-state index in [1.807, 2.05) is 6.92 Å². The number of carboxylic acid groups (broad SMARTS) is 1. The molecule has 0 radical (unpaired) electrons. The lowest BCUT2D eigenvalue weighted by atomic mass is 10.0. The zero-order chi connectivity index (χ0) is 15.0. The molecule has 0 spiro atoms. The highest BCUT2D eigenvalue weighted by molar-refractivity contribution is 5.85. The molecule has 0 aromatic heterocycles. The largest absolute Gasteiger partial charge is 0.480 e. The molecule has 0 aliphatic carbocycles. The van der Waals surface area contributed by atoms with Crippen molar-refractivity contribution in [3.63, 3.8) is 0 Å². The van der Waals surface area contributed by atoms with Gasteiger partial charge < -0.3 is 25.2 Å². The standard InChI is InChI=1S/C13H24N2O5/c1-3-14-11-8-20-7-9(11)12(16)15-10(13(17)18)5-4-6-19-2/h9-11,14H,3-8H2,1-2H3,(H,15,16)(H,17,18). The van der Waals surface area contributed by atoms with Crippen molar-refractivity contribution in [1.82, 2.24) is 10.6 Å². The van der Waals surface area contributed by atoms with Crippen LogP contribution in [0.2, 0.25) is 0 Å². The van der Waals surface area contributed by atoms with Crippen LogP contribution >= 0.6 is 0 Å². The van der Waals surface area contributed by atoms with Crippen LogP contribution in [0.4, 0.5) is 0 Å². The Balaban J connectivity index is 2.50. The van der Waals surface area contributed by atoms with Crippen LogP contribution in [0.1, 0.15) is 19.8 Å². The van der Waals surface area contributed by atoms with Crippen LogP contribution in [-0.2, 0) is 19.1 Å². The summed E-state index contributed by atoms with van der Waals surface area (Å²) >= 11 is 0. The molecule has 0 saturated carbocycles. The molecule has 1 aliphatic rings. The molecule has 1 amide bonds. The number of carboxylic acids is 1. The summed E-state index contributed by atoms with van der Waals surface area (Å²) in [5.41, 5.74) is 0. The summed E-state index contributed by atoms with van der Waals surface area (Å²) in [6, 6.07) is -0.922. The average molecular weight is 288 g/mol. The number of aliphatic carboxylic acids is 1. The fourth-order valence-electron chi connectivity index (χ4n) is 2.24. The Labute approximate surface area is 119 Å². The first-order valence-electron chi connectivity index (χ1n) is 6.93. The Kier molecular flexibility index (Phi) is 7.50. The molecule has 0 aromatic carbocycles. The first kappa shape index (κ1) is 16.9. The normalized spacial score (nSPS) is 23.5. The minimum absolute atomic E-state index is 0.0478. The molecule has 20 heavy (non-hydrogen) atoms. The molecule has 116 valence electrons. The molecular weight excluding hydrogens is 264 g/mol. The quantitative estimate of drug-likeness (QED) is 0.500. The second kappa shape index (κ2) is 8.89. The van der Waals surface area contributed by atoms with Gasteiger partial charge >= 0.3 is 5.97 Å². The maximum atomic E-state index is 12.2. The molecule has 7 heteroatoms. The lowest BCUT2D eigenvalue weighted by molar-refractivity contribution is -0.142. The molecule has 0 bridgehead atoms. The van der Waals surface area contributed by atoms with Gasteiger partial charge in [-0.3, -0.25) is 4.79 Å². The van der Waals surface area contributed by atoms with Crippen LogP contribution in [0, 0.1) is 5.92 Å². The number of ether oxygens (including phenoxy) is 2. The number of likely N-dealkylation sites (N-methyl/N-ethyl adjacent to an activating group) is 1. The van der Waals surface area contributed by atoms with Gasteiger partial charge in [-0.25, -0.2) is 4.79 Å². The molecule has 0 aromatic rings. The van der Waals surface area contributed by atoms with Crippen LogP contribution in [0.15, 0.2) is 0 Å². The van der Waals surface area contributed by atoms with Gasteiger partial charge in [0.25, 0.3) is 0 Å². The van der Waals surface area contributed by atoms with Crippen LogP contribution in [0.5, 0.6) is 0 Å². The average Bonchev–Trinajstić information content (AvgIpc) is 2.86. The molecule has 1 saturated heterocycles. The van der Waals surface area contributed by atoms with E-state index in [1.54, 1.807) is 7.11 Å². The van der Waals surface area contributed by atoms with Gasteiger partial charge in [-0.2, -0.15) is 0 Å². The monoisotopic (exact) mass is 288 g/mol. The smallest absolute Gasteiger partial charge is 0.326 e. The third kappa shape index (κ3) is 5.07. The number of carbonyl (C=O) groups is 2. The van der Waals surface area contributed by atoms with E-state index in [2.05, 4.69) is 10.6 Å². The van der Waals surface area contributed by atoms with Crippen molar-refractivity contribution < 1.29 is 24.2 Å². The van der Waals surface area contributed by atoms with Crippen molar-refractivity contribution in [3.05, 3.63) is 0 Å². The number of hydrogen-bond donors (Lipinski definition) is 3. The zero-order valence-electron chi connectivity index (χ0n) is 12.1. The van der Waals surface area contributed by atoms with Gasteiger partial charge in [0, 0.05) is 19.8 Å². The second-order valence-electron chi connectivity index (χ2n) is 4.84. The molecule has 3 unspecified atom stereocenters. The van der Waals surface area contributed by atoms with Crippen molar-refractivity contribution in [1.29, 1.82) is 0 Å². The Hall–Kier alpha value is -1.18. The fourth-order valence-corrected chi connectivity index (χ4v) is 2.24. The minimum atomic E-state index is -1.02. The van der Waals surface area contributed by atoms with Crippen molar-refractivity contribution in [2.24, 2.45) is 5.92 Å². The molecule has 1 fully saturated rings. The fraction of sp³-hybridized carbons (Fsp3) is 0.846. The Morgan fingerprint density at radius 2 is 2.20 bits per heavy atom. The highest BCUT2D eigenvalue weighted by atomic mass is 16.5. The van der Waals surface area contributed by atoms with Crippen LogP contribution in [-0.4, -0.2) is 62.5 Å². The van der Waals surface area contributed by atoms with E-state index in [-0.39, 0.29) is 17.9 Å². The third-order valence-corrected chi connectivity index (χ3v) is 3.34. The van der Waals surface area contributed by atoms with Gasteiger partial charge in [0.15, 0.2) is 0 Å². The van der Waals surface area contributed by atoms with Gasteiger partial charge in [-0.1, -0.05) is 6.92 Å². The molecule has 7 nitrogen and oxygen atoms in total. The summed E-state index contributed by atoms with van der Waals surface area (Å²) in [7, 11) is 1.56. The Morgan fingerprint density at radius 3 is 2.80 bits per heavy atom. The second-order valence-corrected chi connectivity index (χ2v) is 4.84. The predicted molar refractivity (Wildman–Crippen MR) is 72.5 cm³/mol. The molecule has 1 rings (SSSR count). The van der Waals surface area contributed by atoms with E-state index in [0.29, 0.717) is 32.7 Å². The summed E-state index contributed by atoms with van der Waals surface area (Å²) < 4.78 is 10.2. The summed E-state index contributed by atoms with van der Waals surface area (Å²) in [6.45, 7) is 3.99. The topological polar surface area (TPSA) is 96.9 Å². The summed E-state index contributed by atoms with van der Waals surface area (Å²) in [4.78, 5) is 23.3. The number of hydrogen-bond acceptors (Lipinski definition) is 5. The van der Waals surface area contributed by atoms with Gasteiger partial charge in [0.05, 0.1) is 19.1 Å². The van der Waals surface area contributed by atoms with Crippen molar-refractivity contribution in [3.8, 4) is 0 Å². The van der Waals surface area contributed by atoms with Crippen molar-refractivity contribution >= 4 is 11.9 Å². The first-order chi connectivity index (χ1) is 9.60. The van der Waals surface area contributed by atoms with E-state index in [0.717, 1.165) is 6.54 Å². The van der Waals surface area contributed by atoms with Crippen LogP contribution < -0.4 is 10.6 Å². The van der Waals surface area contributed by atoms with Gasteiger partial charge in [0.2, 0.25) is 5.91 Å². The summed E-state index contributed by atoms with van der Waals surface area (Å²) in [5.74, 6) is -1.62. The SMILES string of the molecule is CCNC1COCC1C(=O)NC(CCCOC)C(=O)O. The molecule has 3 N–H and O–H groups in total. The van der Waals surface area contributed by atoms with Crippen LogP contribution in [0.3, 0.4) is 0 Å². The Morgan fingerprint density at radius 1 is 1.45 bits per heavy atom. The van der Waals surface area contributed by atoms with E-state index < -0.39 is 12.0 Å². The number of rotatable bonds is 9. The van der Waals surface area contributed by atoms with Gasteiger partial charge in [-0.15, -0.1) is 0 Å². The van der Waals surface area contributed by atoms with Crippen LogP contribution in [0.25, 0.3) is 0 Å². The Bertz CT molecular complexity index is 324. The van der Waals surface area contributed by atoms with Crippen molar-refractivity contribution in [2.45, 2.75) is 31.8 Å². The minimum Gasteiger partial charge on any atom is -0.480 e.